The molecule has 2 aromatic rings. The van der Waals surface area contributed by atoms with Crippen LogP contribution in [0.4, 0.5) is 23.1 Å². The van der Waals surface area contributed by atoms with E-state index in [0.717, 1.165) is 0 Å². The van der Waals surface area contributed by atoms with Gasteiger partial charge in [-0.15, -0.1) is 0 Å². The number of nitrogen functional groups attached to an aromatic ring is 1. The van der Waals surface area contributed by atoms with Crippen molar-refractivity contribution >= 4 is 53.4 Å². The van der Waals surface area contributed by atoms with Gasteiger partial charge in [0, 0.05) is 30.4 Å². The van der Waals surface area contributed by atoms with E-state index in [1.807, 2.05) is 0 Å². The highest BCUT2D eigenvalue weighted by molar-refractivity contribution is 5.97. The molecule has 0 spiro atoms. The maximum Gasteiger partial charge on any atom is 0.326 e. The Hall–Kier alpha value is -4.55. The summed E-state index contributed by atoms with van der Waals surface area (Å²) in [6.07, 6.45) is -0.0609. The quantitative estimate of drug-likeness (QED) is 0.256. The Labute approximate surface area is 194 Å². The lowest BCUT2D eigenvalue weighted by atomic mass is 10.1. The number of aromatic nitrogens is 2. The van der Waals surface area contributed by atoms with Gasteiger partial charge in [-0.2, -0.15) is 4.98 Å². The second-order valence-electron chi connectivity index (χ2n) is 7.14. The second-order valence-corrected chi connectivity index (χ2v) is 7.14. The number of carboxylic acid groups (broad SMARTS) is 1. The van der Waals surface area contributed by atoms with E-state index in [0.29, 0.717) is 11.4 Å². The van der Waals surface area contributed by atoms with Crippen molar-refractivity contribution in [3.8, 4) is 0 Å². The van der Waals surface area contributed by atoms with Crippen LogP contribution in [0.5, 0.6) is 0 Å². The van der Waals surface area contributed by atoms with Gasteiger partial charge in [0.05, 0.1) is 6.54 Å². The van der Waals surface area contributed by atoms with Crippen molar-refractivity contribution in [3.63, 3.8) is 0 Å². The molecule has 0 radical (unpaired) electrons. The molecule has 0 aliphatic rings. The Morgan fingerprint density at radius 2 is 1.94 bits per heavy atom. The third-order valence-electron chi connectivity index (χ3n) is 4.59. The number of nitrogens with zero attached hydrogens (tertiary/aromatic N) is 3. The number of hydrogen-bond acceptors (Lipinski definition) is 9. The lowest BCUT2D eigenvalue weighted by Gasteiger charge is -2.14. The van der Waals surface area contributed by atoms with E-state index in [2.05, 4.69) is 42.6 Å². The van der Waals surface area contributed by atoms with E-state index in [-0.39, 0.29) is 48.3 Å². The molecule has 0 aliphatic carbocycles. The zero-order valence-corrected chi connectivity index (χ0v) is 18.7. The number of carbonyl (C=O) groups excluding carboxylic acids is 2. The van der Waals surface area contributed by atoms with E-state index < -0.39 is 23.5 Å². The number of nitrogens with two attached hydrogens (primary N) is 1. The predicted molar refractivity (Wildman–Crippen MR) is 128 cm³/mol. The first-order valence-corrected chi connectivity index (χ1v) is 10.1. The van der Waals surface area contributed by atoms with Gasteiger partial charge >= 0.3 is 5.97 Å². The van der Waals surface area contributed by atoms with Crippen LogP contribution in [0.2, 0.25) is 0 Å². The molecule has 0 bridgehead atoms. The van der Waals surface area contributed by atoms with Crippen LogP contribution in [0.15, 0.2) is 39.0 Å². The van der Waals surface area contributed by atoms with Crippen LogP contribution in [-0.2, 0) is 9.59 Å². The molecule has 2 amide bonds. The molecular weight excluding hydrogens is 444 g/mol. The molecule has 34 heavy (non-hydrogen) atoms. The van der Waals surface area contributed by atoms with Crippen molar-refractivity contribution < 1.29 is 19.5 Å². The first kappa shape index (κ1) is 25.7. The summed E-state index contributed by atoms with van der Waals surface area (Å²) in [7, 11) is 1.45. The van der Waals surface area contributed by atoms with Crippen molar-refractivity contribution in [2.45, 2.75) is 25.8 Å². The van der Waals surface area contributed by atoms with E-state index >= 15 is 0 Å². The smallest absolute Gasteiger partial charge is 0.326 e. The van der Waals surface area contributed by atoms with E-state index in [4.69, 9.17) is 5.73 Å². The molecule has 0 aliphatic heterocycles. The van der Waals surface area contributed by atoms with Gasteiger partial charge in [0.25, 0.3) is 11.5 Å². The Morgan fingerprint density at radius 3 is 2.53 bits per heavy atom. The predicted octanol–water partition coefficient (Wildman–Crippen LogP) is 0.598. The largest absolute Gasteiger partial charge is 0.480 e. The number of carboxylic acids is 1. The monoisotopic (exact) mass is 470 g/mol. The van der Waals surface area contributed by atoms with Crippen LogP contribution in [0, 0.1) is 0 Å². The maximum absolute atomic E-state index is 12.4. The number of carbonyl (C=O) groups is 3. The lowest BCUT2D eigenvalue weighted by molar-refractivity contribution is -0.139. The molecule has 13 heteroatoms. The van der Waals surface area contributed by atoms with Crippen LogP contribution in [0.1, 0.15) is 30.1 Å². The molecule has 13 nitrogen and oxygen atoms in total. The van der Waals surface area contributed by atoms with Crippen molar-refractivity contribution in [2.24, 2.45) is 9.98 Å². The number of H-pyrrole nitrogens is 1. The topological polar surface area (TPSA) is 204 Å². The number of nitrogens with one attached hydrogen (secondary N) is 4. The summed E-state index contributed by atoms with van der Waals surface area (Å²) in [4.78, 5) is 61.3. The third-order valence-corrected chi connectivity index (χ3v) is 4.59. The number of aliphatic imine (C=N–C) groups is 2. The molecule has 0 saturated heterocycles. The summed E-state index contributed by atoms with van der Waals surface area (Å²) >= 11 is 0. The minimum absolute atomic E-state index is 0.0140. The molecule has 1 heterocycles. The first-order chi connectivity index (χ1) is 16.1. The van der Waals surface area contributed by atoms with Crippen LogP contribution in [0.25, 0.3) is 0 Å². The summed E-state index contributed by atoms with van der Waals surface area (Å²) in [6, 6.07) is 5.13. The Morgan fingerprint density at radius 1 is 1.26 bits per heavy atom. The fourth-order valence-electron chi connectivity index (χ4n) is 2.78. The Balaban J connectivity index is 2.00. The highest BCUT2D eigenvalue weighted by Crippen LogP contribution is 2.20. The summed E-state index contributed by atoms with van der Waals surface area (Å²) in [5.41, 5.74) is 6.39. The standard InChI is InChI=1S/C21H26N8O5/c1-11(26-16-17(24-3)28-21(22)29-19(16)32)10-25-13-6-4-12(5-7-13)18(31)27-14(20(33)34)8-9-15(30)23-2/h4-7,14,25H,3,8-10H2,1-2H3,(H,23,30)(H,27,31)(H,33,34)(H3,22,28,29,32). The van der Waals surface area contributed by atoms with Gasteiger partial charge in [0.15, 0.2) is 11.5 Å². The van der Waals surface area contributed by atoms with Crippen molar-refractivity contribution in [1.29, 1.82) is 0 Å². The van der Waals surface area contributed by atoms with Gasteiger partial charge < -0.3 is 26.8 Å². The number of benzene rings is 1. The summed E-state index contributed by atoms with van der Waals surface area (Å²) in [6.45, 7) is 5.32. The Bertz CT molecular complexity index is 1160. The molecule has 1 aromatic carbocycles. The van der Waals surface area contributed by atoms with Gasteiger partial charge in [-0.25, -0.2) is 14.8 Å². The average molecular weight is 470 g/mol. The number of amides is 2. The lowest BCUT2D eigenvalue weighted by Crippen LogP contribution is -2.41. The molecule has 0 saturated carbocycles. The zero-order valence-electron chi connectivity index (χ0n) is 18.7. The minimum Gasteiger partial charge on any atom is -0.480 e. The van der Waals surface area contributed by atoms with Gasteiger partial charge in [-0.1, -0.05) is 0 Å². The fraction of sp³-hybridized carbons (Fsp3) is 0.286. The van der Waals surface area contributed by atoms with E-state index in [1.54, 1.807) is 19.1 Å². The summed E-state index contributed by atoms with van der Waals surface area (Å²) in [5, 5.41) is 17.2. The molecule has 1 unspecified atom stereocenters. The molecule has 1 atom stereocenters. The number of aliphatic carboxylic acids is 1. The summed E-state index contributed by atoms with van der Waals surface area (Å²) in [5.74, 6) is -2.19. The number of hydrogen-bond donors (Lipinski definition) is 6. The van der Waals surface area contributed by atoms with Crippen LogP contribution in [0.3, 0.4) is 0 Å². The number of aromatic amines is 1. The van der Waals surface area contributed by atoms with E-state index in [9.17, 15) is 24.3 Å². The number of anilines is 2. The van der Waals surface area contributed by atoms with Crippen LogP contribution < -0.4 is 27.2 Å². The zero-order chi connectivity index (χ0) is 25.3. The maximum atomic E-state index is 12.4. The molecule has 7 N–H and O–H groups in total. The molecular formula is C21H26N8O5. The van der Waals surface area contributed by atoms with Crippen LogP contribution in [-0.4, -0.2) is 64.9 Å². The van der Waals surface area contributed by atoms with Crippen molar-refractivity contribution in [2.75, 3.05) is 24.6 Å². The molecule has 1 aromatic heterocycles. The van der Waals surface area contributed by atoms with Crippen molar-refractivity contribution in [3.05, 3.63) is 40.2 Å². The SMILES string of the molecule is C=Nc1nc(N)[nH]c(=O)c1N=C(C)CNc1ccc(C(=O)NC(CCC(=O)NC)C(=O)O)cc1. The van der Waals surface area contributed by atoms with Crippen molar-refractivity contribution in [1.82, 2.24) is 20.6 Å². The average Bonchev–Trinajstić information content (AvgIpc) is 2.81. The highest BCUT2D eigenvalue weighted by atomic mass is 16.4. The van der Waals surface area contributed by atoms with Gasteiger partial charge in [-0.3, -0.25) is 19.4 Å². The van der Waals surface area contributed by atoms with Gasteiger partial charge in [-0.05, 0) is 44.3 Å². The first-order valence-electron chi connectivity index (χ1n) is 10.1. The van der Waals surface area contributed by atoms with Gasteiger partial charge in [0.2, 0.25) is 11.9 Å². The third kappa shape index (κ3) is 7.25. The molecule has 0 fully saturated rings. The highest BCUT2D eigenvalue weighted by Gasteiger charge is 2.21. The fourth-order valence-corrected chi connectivity index (χ4v) is 2.78. The Kier molecular flexibility index (Phi) is 9.00. The van der Waals surface area contributed by atoms with E-state index in [1.165, 1.54) is 19.2 Å². The van der Waals surface area contributed by atoms with Crippen LogP contribution >= 0.6 is 0 Å². The molecule has 180 valence electrons. The van der Waals surface area contributed by atoms with Gasteiger partial charge in [0.1, 0.15) is 6.04 Å². The summed E-state index contributed by atoms with van der Waals surface area (Å²) < 4.78 is 0. The normalized spacial score (nSPS) is 11.9. The number of rotatable bonds is 11. The second kappa shape index (κ2) is 11.9. The minimum atomic E-state index is -1.23. The molecule has 2 rings (SSSR count).